The largest absolute Gasteiger partial charge is 0.465 e. The Kier molecular flexibility index (Phi) is 6.71. The van der Waals surface area contributed by atoms with E-state index < -0.39 is 17.8 Å². The third kappa shape index (κ3) is 4.55. The fourth-order valence-corrected chi connectivity index (χ4v) is 8.01. The van der Waals surface area contributed by atoms with Gasteiger partial charge in [-0.1, -0.05) is 52.7 Å². The summed E-state index contributed by atoms with van der Waals surface area (Å²) in [5.41, 5.74) is 1.11. The van der Waals surface area contributed by atoms with Gasteiger partial charge in [-0.05, 0) is 49.9 Å². The van der Waals surface area contributed by atoms with Gasteiger partial charge in [0.2, 0.25) is 0 Å². The van der Waals surface area contributed by atoms with Crippen molar-refractivity contribution < 1.29 is 28.0 Å². The lowest BCUT2D eigenvalue weighted by Crippen LogP contribution is -2.46. The second-order valence-corrected chi connectivity index (χ2v) is 13.3. The summed E-state index contributed by atoms with van der Waals surface area (Å²) >= 11 is 14.3. The summed E-state index contributed by atoms with van der Waals surface area (Å²) in [7, 11) is 1.26. The predicted molar refractivity (Wildman–Crippen MR) is 157 cm³/mol. The average Bonchev–Trinajstić information content (AvgIpc) is 3.26. The zero-order chi connectivity index (χ0) is 29.3. The minimum Gasteiger partial charge on any atom is -0.465 e. The van der Waals surface area contributed by atoms with Crippen LogP contribution in [0, 0.1) is 5.82 Å². The molecule has 42 heavy (non-hydrogen) atoms. The van der Waals surface area contributed by atoms with Gasteiger partial charge < -0.3 is 18.9 Å². The van der Waals surface area contributed by atoms with E-state index in [0.29, 0.717) is 49.7 Å². The van der Waals surface area contributed by atoms with E-state index in [1.54, 1.807) is 24.3 Å². The van der Waals surface area contributed by atoms with E-state index in [1.807, 2.05) is 6.92 Å². The lowest BCUT2D eigenvalue weighted by atomic mass is 9.97. The first-order chi connectivity index (χ1) is 20.2. The molecule has 2 bridgehead atoms. The molecule has 8 nitrogen and oxygen atoms in total. The zero-order valence-corrected chi connectivity index (χ0v) is 25.1. The predicted octanol–water partition coefficient (Wildman–Crippen LogP) is 7.59. The van der Waals surface area contributed by atoms with Crippen LogP contribution in [-0.4, -0.2) is 47.4 Å². The maximum atomic E-state index is 14.8. The number of fused-ring (bicyclic) bond motifs is 3. The number of thiazole rings is 1. The molecule has 0 unspecified atom stereocenters. The van der Waals surface area contributed by atoms with E-state index >= 15 is 0 Å². The van der Waals surface area contributed by atoms with Crippen LogP contribution >= 0.6 is 34.5 Å². The van der Waals surface area contributed by atoms with E-state index in [1.165, 1.54) is 18.4 Å². The summed E-state index contributed by atoms with van der Waals surface area (Å²) < 4.78 is 32.1. The summed E-state index contributed by atoms with van der Waals surface area (Å²) in [6.45, 7) is 2.04. The molecule has 2 saturated heterocycles. The van der Waals surface area contributed by atoms with E-state index in [0.717, 1.165) is 31.7 Å². The minimum absolute atomic E-state index is 0.0747. The molecule has 0 radical (unpaired) electrons. The Morgan fingerprint density at radius 1 is 1.12 bits per heavy atom. The van der Waals surface area contributed by atoms with Crippen LogP contribution < -0.4 is 4.90 Å². The highest BCUT2D eigenvalue weighted by atomic mass is 35.5. The van der Waals surface area contributed by atoms with Crippen LogP contribution in [0.25, 0.3) is 21.5 Å². The molecule has 1 aliphatic carbocycles. The molecule has 3 aliphatic rings. The number of esters is 2. The smallest absolute Gasteiger partial charge is 0.344 e. The van der Waals surface area contributed by atoms with Gasteiger partial charge in [-0.25, -0.2) is 19.0 Å². The van der Waals surface area contributed by atoms with Crippen LogP contribution in [-0.2, 0) is 14.9 Å². The molecular formula is C30H26Cl2FN3O5S. The Balaban J connectivity index is 1.15. The Hall–Kier alpha value is -3.21. The molecule has 3 fully saturated rings. The van der Waals surface area contributed by atoms with Gasteiger partial charge in [0, 0.05) is 35.9 Å². The van der Waals surface area contributed by atoms with Crippen molar-refractivity contribution >= 4 is 61.8 Å². The summed E-state index contributed by atoms with van der Waals surface area (Å²) in [5, 5.41) is 5.69. The maximum Gasteiger partial charge on any atom is 0.344 e. The van der Waals surface area contributed by atoms with Crippen LogP contribution in [0.5, 0.6) is 0 Å². The van der Waals surface area contributed by atoms with Gasteiger partial charge in [-0.15, -0.1) is 0 Å². The number of rotatable bonds is 6. The Morgan fingerprint density at radius 2 is 1.81 bits per heavy atom. The maximum absolute atomic E-state index is 14.8. The van der Waals surface area contributed by atoms with E-state index in [2.05, 4.69) is 15.0 Å². The number of methoxy groups -OCH3 is 1. The monoisotopic (exact) mass is 629 g/mol. The van der Waals surface area contributed by atoms with Gasteiger partial charge >= 0.3 is 11.9 Å². The van der Waals surface area contributed by atoms with Gasteiger partial charge in [0.15, 0.2) is 16.7 Å². The molecule has 1 saturated carbocycles. The fraction of sp³-hybridized carbons (Fsp3) is 0.400. The molecule has 2 aromatic heterocycles. The van der Waals surface area contributed by atoms with E-state index in [9.17, 15) is 14.0 Å². The van der Waals surface area contributed by atoms with Crippen molar-refractivity contribution in [3.63, 3.8) is 0 Å². The van der Waals surface area contributed by atoms with Crippen LogP contribution in [0.1, 0.15) is 71.9 Å². The molecule has 0 spiro atoms. The topological polar surface area (TPSA) is 94.8 Å². The molecule has 0 amide bonds. The van der Waals surface area contributed by atoms with Crippen molar-refractivity contribution in [2.75, 3.05) is 12.0 Å². The Bertz CT molecular complexity index is 1720. The van der Waals surface area contributed by atoms with Gasteiger partial charge in [-0.2, -0.15) is 0 Å². The second kappa shape index (κ2) is 10.2. The van der Waals surface area contributed by atoms with Gasteiger partial charge in [0.25, 0.3) is 0 Å². The molecule has 3 atom stereocenters. The summed E-state index contributed by atoms with van der Waals surface area (Å²) in [6, 6.07) is 8.04. The van der Waals surface area contributed by atoms with Crippen molar-refractivity contribution in [3.05, 3.63) is 63.1 Å². The lowest BCUT2D eigenvalue weighted by Gasteiger charge is -2.38. The second-order valence-electron chi connectivity index (χ2n) is 11.5. The SMILES string of the molecule is COC(=O)c1cc(F)c2nc(N3[C@@H]4CC[C@H]3C[C@@H](OC(=O)c3c(-c5c(Cl)cccc5Cl)noc3C3(C)CC3)C4)sc2c1. The molecule has 218 valence electrons. The van der Waals surface area contributed by atoms with Crippen molar-refractivity contribution in [2.45, 2.75) is 69.1 Å². The van der Waals surface area contributed by atoms with Crippen molar-refractivity contribution in [1.29, 1.82) is 0 Å². The number of hydrogen-bond donors (Lipinski definition) is 0. The van der Waals surface area contributed by atoms with Gasteiger partial charge in [0.05, 0.1) is 27.4 Å². The van der Waals surface area contributed by atoms with Gasteiger partial charge in [0.1, 0.15) is 22.9 Å². The minimum atomic E-state index is -0.597. The van der Waals surface area contributed by atoms with Crippen LogP contribution in [0.15, 0.2) is 34.9 Å². The first-order valence-corrected chi connectivity index (χ1v) is 15.4. The highest BCUT2D eigenvalue weighted by molar-refractivity contribution is 7.22. The summed E-state index contributed by atoms with van der Waals surface area (Å²) in [4.78, 5) is 32.6. The number of hydrogen-bond acceptors (Lipinski definition) is 9. The molecule has 0 N–H and O–H groups in total. The third-order valence-corrected chi connectivity index (χ3v) is 10.3. The molecule has 2 aliphatic heterocycles. The van der Waals surface area contributed by atoms with Crippen molar-refractivity contribution in [3.8, 4) is 11.3 Å². The first kappa shape index (κ1) is 27.6. The average molecular weight is 631 g/mol. The molecule has 4 aromatic rings. The number of aromatic nitrogens is 2. The number of carbonyl (C=O) groups excluding carboxylic acids is 2. The van der Waals surface area contributed by atoms with Crippen LogP contribution in [0.4, 0.5) is 9.52 Å². The summed E-state index contributed by atoms with van der Waals surface area (Å²) in [5.74, 6) is -1.16. The Morgan fingerprint density at radius 3 is 2.45 bits per heavy atom. The van der Waals surface area contributed by atoms with Crippen LogP contribution in [0.3, 0.4) is 0 Å². The normalized spacial score (nSPS) is 22.4. The molecule has 7 rings (SSSR count). The number of nitrogens with zero attached hydrogens (tertiary/aromatic N) is 3. The molecular weight excluding hydrogens is 604 g/mol. The number of ether oxygens (including phenoxy) is 2. The number of benzene rings is 2. The summed E-state index contributed by atoms with van der Waals surface area (Å²) in [6.07, 6.45) is 4.45. The fourth-order valence-electron chi connectivity index (χ4n) is 6.27. The van der Waals surface area contributed by atoms with Crippen LogP contribution in [0.2, 0.25) is 10.0 Å². The highest BCUT2D eigenvalue weighted by Gasteiger charge is 2.49. The lowest BCUT2D eigenvalue weighted by molar-refractivity contribution is 0.0201. The number of carbonyl (C=O) groups is 2. The zero-order valence-electron chi connectivity index (χ0n) is 22.8. The quantitative estimate of drug-likeness (QED) is 0.201. The van der Waals surface area contributed by atoms with Crippen molar-refractivity contribution in [1.82, 2.24) is 10.1 Å². The number of piperidine rings is 1. The van der Waals surface area contributed by atoms with Crippen molar-refractivity contribution in [2.24, 2.45) is 0 Å². The van der Waals surface area contributed by atoms with Gasteiger partial charge in [-0.3, -0.25) is 0 Å². The number of anilines is 1. The Labute approximate surface area is 254 Å². The first-order valence-electron chi connectivity index (χ1n) is 13.8. The molecule has 2 aromatic carbocycles. The van der Waals surface area contributed by atoms with E-state index in [4.69, 9.17) is 37.2 Å². The molecule has 4 heterocycles. The highest BCUT2D eigenvalue weighted by Crippen LogP contribution is 2.51. The van der Waals surface area contributed by atoms with E-state index in [-0.39, 0.29) is 40.2 Å². The standard InChI is InChI=1S/C30H26Cl2FN3O5S/c1-30(8-9-30)26-23(25(35-41-26)22-18(31)4-3-5-19(22)32)28(38)40-17-12-15-6-7-16(13-17)36(15)29-34-24-20(33)10-14(27(37)39-2)11-21(24)42-29/h3-5,10-11,15-17H,6-9,12-13H2,1-2H3/t15-,16+,17+. The third-order valence-electron chi connectivity index (χ3n) is 8.69. The number of halogens is 3. The molecule has 12 heteroatoms.